The van der Waals surface area contributed by atoms with Crippen LogP contribution in [-0.2, 0) is 22.7 Å². The van der Waals surface area contributed by atoms with Crippen molar-refractivity contribution in [2.45, 2.75) is 45.2 Å². The van der Waals surface area contributed by atoms with Gasteiger partial charge in [-0.3, -0.25) is 9.59 Å². The summed E-state index contributed by atoms with van der Waals surface area (Å²) >= 11 is 0. The molecule has 0 spiro atoms. The van der Waals surface area contributed by atoms with Crippen molar-refractivity contribution in [3.8, 4) is 11.5 Å². The van der Waals surface area contributed by atoms with E-state index in [1.807, 2.05) is 28.8 Å². The van der Waals surface area contributed by atoms with Crippen LogP contribution in [0.1, 0.15) is 37.9 Å². The van der Waals surface area contributed by atoms with Gasteiger partial charge in [0.1, 0.15) is 12.4 Å². The van der Waals surface area contributed by atoms with Gasteiger partial charge in [0, 0.05) is 17.7 Å². The Labute approximate surface area is 185 Å². The molecule has 166 valence electrons. The smallest absolute Gasteiger partial charge is 0.244 e. The van der Waals surface area contributed by atoms with Gasteiger partial charge in [0.15, 0.2) is 11.5 Å². The van der Waals surface area contributed by atoms with Gasteiger partial charge in [0.25, 0.3) is 0 Å². The van der Waals surface area contributed by atoms with Crippen LogP contribution in [-0.4, -0.2) is 28.2 Å². The number of hydrogen-bond acceptors (Lipinski definition) is 5. The van der Waals surface area contributed by atoms with E-state index in [-0.39, 0.29) is 31.1 Å². The van der Waals surface area contributed by atoms with Crippen LogP contribution >= 0.6 is 0 Å². The third kappa shape index (κ3) is 4.26. The van der Waals surface area contributed by atoms with Crippen LogP contribution in [0.25, 0.3) is 11.0 Å². The first-order valence-corrected chi connectivity index (χ1v) is 11.1. The van der Waals surface area contributed by atoms with Crippen molar-refractivity contribution in [2.75, 3.05) is 12.1 Å². The summed E-state index contributed by atoms with van der Waals surface area (Å²) in [5.74, 6) is 1.91. The van der Waals surface area contributed by atoms with Gasteiger partial charge in [-0.1, -0.05) is 31.4 Å². The van der Waals surface area contributed by atoms with Crippen molar-refractivity contribution in [3.63, 3.8) is 0 Å². The molecule has 2 heterocycles. The number of nitrogens with one attached hydrogen (secondary N) is 2. The average molecular weight is 434 g/mol. The summed E-state index contributed by atoms with van der Waals surface area (Å²) in [4.78, 5) is 30.1. The molecule has 0 radical (unpaired) electrons. The summed E-state index contributed by atoms with van der Waals surface area (Å²) in [6.45, 7) is 0.564. The van der Waals surface area contributed by atoms with Crippen molar-refractivity contribution in [1.82, 2.24) is 14.9 Å². The monoisotopic (exact) mass is 434 g/mol. The van der Waals surface area contributed by atoms with E-state index < -0.39 is 0 Å². The summed E-state index contributed by atoms with van der Waals surface area (Å²) in [5.41, 5.74) is 2.29. The van der Waals surface area contributed by atoms with Crippen LogP contribution in [0.15, 0.2) is 42.5 Å². The number of fused-ring (bicyclic) bond motifs is 2. The summed E-state index contributed by atoms with van der Waals surface area (Å²) in [5, 5.41) is 5.94. The number of carbonyl (C=O) groups excluding carboxylic acids is 2. The zero-order valence-corrected chi connectivity index (χ0v) is 17.8. The molecular weight excluding hydrogens is 408 g/mol. The van der Waals surface area contributed by atoms with Crippen molar-refractivity contribution < 1.29 is 19.1 Å². The third-order valence-electron chi connectivity index (χ3n) is 6.09. The Hall–Kier alpha value is -3.55. The maximum Gasteiger partial charge on any atom is 0.244 e. The molecule has 0 bridgehead atoms. The standard InChI is InChI=1S/C24H26N4O4/c29-23(26-17-10-11-20-21(12-17)32-15-31-20)14-28-19-9-5-4-8-18(19)27-22(28)13-25-24(30)16-6-2-1-3-7-16/h4-5,8-12,16H,1-3,6-7,13-15H2,(H,25,30)(H,26,29). The van der Waals surface area contributed by atoms with Crippen LogP contribution in [0.5, 0.6) is 11.5 Å². The molecule has 2 aromatic carbocycles. The second kappa shape index (κ2) is 8.90. The number of imidazole rings is 1. The second-order valence-electron chi connectivity index (χ2n) is 8.27. The van der Waals surface area contributed by atoms with Crippen molar-refractivity contribution in [2.24, 2.45) is 5.92 Å². The largest absolute Gasteiger partial charge is 0.454 e. The molecule has 8 nitrogen and oxygen atoms in total. The molecule has 0 atom stereocenters. The molecule has 1 fully saturated rings. The van der Waals surface area contributed by atoms with Gasteiger partial charge in [-0.15, -0.1) is 0 Å². The first-order valence-electron chi connectivity index (χ1n) is 11.1. The predicted octanol–water partition coefficient (Wildman–Crippen LogP) is 3.60. The molecule has 2 amide bonds. The topological polar surface area (TPSA) is 94.5 Å². The molecule has 2 aliphatic rings. The molecule has 1 aliphatic heterocycles. The van der Waals surface area contributed by atoms with Gasteiger partial charge in [0.05, 0.1) is 17.6 Å². The lowest BCUT2D eigenvalue weighted by atomic mass is 9.89. The van der Waals surface area contributed by atoms with E-state index in [1.54, 1.807) is 18.2 Å². The number of carbonyl (C=O) groups is 2. The van der Waals surface area contributed by atoms with E-state index in [0.29, 0.717) is 29.6 Å². The van der Waals surface area contributed by atoms with Gasteiger partial charge < -0.3 is 24.7 Å². The quantitative estimate of drug-likeness (QED) is 0.618. The number of rotatable bonds is 6. The summed E-state index contributed by atoms with van der Waals surface area (Å²) in [6.07, 6.45) is 5.31. The molecule has 0 saturated heterocycles. The van der Waals surface area contributed by atoms with Crippen LogP contribution < -0.4 is 20.1 Å². The Balaban J connectivity index is 1.31. The van der Waals surface area contributed by atoms with Gasteiger partial charge >= 0.3 is 0 Å². The first kappa shape index (κ1) is 20.4. The highest BCUT2D eigenvalue weighted by Crippen LogP contribution is 2.34. The summed E-state index contributed by atoms with van der Waals surface area (Å²) in [7, 11) is 0. The molecule has 3 aromatic rings. The van der Waals surface area contributed by atoms with Crippen molar-refractivity contribution in [3.05, 3.63) is 48.3 Å². The molecule has 8 heteroatoms. The normalized spacial score (nSPS) is 15.6. The Morgan fingerprint density at radius 3 is 2.72 bits per heavy atom. The minimum atomic E-state index is -0.188. The number of amides is 2. The van der Waals surface area contributed by atoms with Crippen molar-refractivity contribution >= 4 is 28.5 Å². The lowest BCUT2D eigenvalue weighted by Crippen LogP contribution is -2.32. The lowest BCUT2D eigenvalue weighted by molar-refractivity contribution is -0.126. The van der Waals surface area contributed by atoms with Crippen LogP contribution in [0.2, 0.25) is 0 Å². The molecule has 32 heavy (non-hydrogen) atoms. The van der Waals surface area contributed by atoms with Gasteiger partial charge in [-0.2, -0.15) is 0 Å². The molecule has 1 saturated carbocycles. The van der Waals surface area contributed by atoms with E-state index in [4.69, 9.17) is 9.47 Å². The van der Waals surface area contributed by atoms with E-state index in [9.17, 15) is 9.59 Å². The molecule has 0 unspecified atom stereocenters. The zero-order chi connectivity index (χ0) is 21.9. The fourth-order valence-corrected chi connectivity index (χ4v) is 4.43. The Morgan fingerprint density at radius 2 is 1.84 bits per heavy atom. The van der Waals surface area contributed by atoms with E-state index in [2.05, 4.69) is 15.6 Å². The zero-order valence-electron chi connectivity index (χ0n) is 17.8. The number of ether oxygens (including phenoxy) is 2. The summed E-state index contributed by atoms with van der Waals surface area (Å²) < 4.78 is 12.6. The number of nitrogens with zero attached hydrogens (tertiary/aromatic N) is 2. The molecule has 5 rings (SSSR count). The highest BCUT2D eigenvalue weighted by molar-refractivity contribution is 5.92. The van der Waals surface area contributed by atoms with E-state index >= 15 is 0 Å². The highest BCUT2D eigenvalue weighted by atomic mass is 16.7. The van der Waals surface area contributed by atoms with Crippen LogP contribution in [0.3, 0.4) is 0 Å². The average Bonchev–Trinajstić information content (AvgIpc) is 3.42. The predicted molar refractivity (Wildman–Crippen MR) is 119 cm³/mol. The van der Waals surface area contributed by atoms with Crippen molar-refractivity contribution in [1.29, 1.82) is 0 Å². The third-order valence-corrected chi connectivity index (χ3v) is 6.09. The Bertz CT molecular complexity index is 1150. The molecule has 2 N–H and O–H groups in total. The number of benzene rings is 2. The highest BCUT2D eigenvalue weighted by Gasteiger charge is 2.22. The molecular formula is C24H26N4O4. The number of hydrogen-bond donors (Lipinski definition) is 2. The Morgan fingerprint density at radius 1 is 1.03 bits per heavy atom. The van der Waals surface area contributed by atoms with Gasteiger partial charge in [-0.25, -0.2) is 4.98 Å². The van der Waals surface area contributed by atoms with Crippen LogP contribution in [0.4, 0.5) is 5.69 Å². The number of aromatic nitrogens is 2. The van der Waals surface area contributed by atoms with Gasteiger partial charge in [-0.05, 0) is 37.1 Å². The number of para-hydroxylation sites is 2. The van der Waals surface area contributed by atoms with Crippen LogP contribution in [0, 0.1) is 5.92 Å². The van der Waals surface area contributed by atoms with E-state index in [0.717, 1.165) is 36.7 Å². The second-order valence-corrected chi connectivity index (χ2v) is 8.27. The van der Waals surface area contributed by atoms with E-state index in [1.165, 1.54) is 6.42 Å². The maximum atomic E-state index is 12.8. The SMILES string of the molecule is O=C(Cn1c(CNC(=O)C2CCCCC2)nc2ccccc21)Nc1ccc2c(c1)OCO2. The minimum Gasteiger partial charge on any atom is -0.454 e. The first-order chi connectivity index (χ1) is 15.7. The van der Waals surface area contributed by atoms with Gasteiger partial charge in [0.2, 0.25) is 18.6 Å². The fourth-order valence-electron chi connectivity index (χ4n) is 4.43. The maximum absolute atomic E-state index is 12.8. The number of anilines is 1. The minimum absolute atomic E-state index is 0.0770. The Kier molecular flexibility index (Phi) is 5.66. The summed E-state index contributed by atoms with van der Waals surface area (Å²) in [6, 6.07) is 13.0. The molecule has 1 aliphatic carbocycles. The fraction of sp³-hybridized carbons (Fsp3) is 0.375. The lowest BCUT2D eigenvalue weighted by Gasteiger charge is -2.20. The molecule has 1 aromatic heterocycles.